The van der Waals surface area contributed by atoms with Crippen LogP contribution in [0, 0.1) is 5.92 Å². The molecule has 128 valence electrons. The average molecular weight is 344 g/mol. The van der Waals surface area contributed by atoms with Crippen LogP contribution in [0.15, 0.2) is 24.3 Å². The number of hydrogen-bond donors (Lipinski definition) is 0. The van der Waals surface area contributed by atoms with Gasteiger partial charge in [0.1, 0.15) is 0 Å². The Kier molecular flexibility index (Phi) is 4.39. The lowest BCUT2D eigenvalue weighted by atomic mass is 9.96. The maximum Gasteiger partial charge on any atom is 0.227 e. The third kappa shape index (κ3) is 2.88. The molecule has 2 fully saturated rings. The second-order valence-electron chi connectivity index (χ2n) is 6.68. The molecule has 0 aliphatic carbocycles. The van der Waals surface area contributed by atoms with Gasteiger partial charge in [-0.3, -0.25) is 4.79 Å². The van der Waals surface area contributed by atoms with Gasteiger partial charge >= 0.3 is 0 Å². The topological polar surface area (TPSA) is 41.4 Å². The van der Waals surface area contributed by atoms with E-state index in [9.17, 15) is 4.79 Å². The number of hydrogen-bond acceptors (Lipinski definition) is 4. The Morgan fingerprint density at radius 1 is 1.21 bits per heavy atom. The number of nitrogens with zero attached hydrogens (tertiary/aromatic N) is 4. The van der Waals surface area contributed by atoms with Crippen molar-refractivity contribution in [3.05, 3.63) is 24.3 Å². The van der Waals surface area contributed by atoms with E-state index in [1.54, 1.807) is 0 Å². The predicted molar refractivity (Wildman–Crippen MR) is 99.6 cm³/mol. The minimum absolute atomic E-state index is 0.113. The molecular weight excluding hydrogens is 320 g/mol. The first-order valence-corrected chi connectivity index (χ1v) is 9.92. The van der Waals surface area contributed by atoms with Crippen molar-refractivity contribution < 1.29 is 4.79 Å². The second-order valence-corrected chi connectivity index (χ2v) is 7.91. The predicted octanol–water partition coefficient (Wildman–Crippen LogP) is 2.37. The molecule has 3 heterocycles. The lowest BCUT2D eigenvalue weighted by Crippen LogP contribution is -2.47. The minimum atomic E-state index is 0.113. The fourth-order valence-electron chi connectivity index (χ4n) is 3.82. The van der Waals surface area contributed by atoms with Crippen molar-refractivity contribution in [3.63, 3.8) is 0 Å². The summed E-state index contributed by atoms with van der Waals surface area (Å²) in [7, 11) is 2.07. The number of carbonyl (C=O) groups is 1. The van der Waals surface area contributed by atoms with E-state index in [2.05, 4.69) is 33.5 Å². The normalized spacial score (nSPS) is 22.1. The molecule has 1 amide bonds. The van der Waals surface area contributed by atoms with E-state index in [0.717, 1.165) is 67.5 Å². The molecule has 2 aliphatic rings. The van der Waals surface area contributed by atoms with Crippen LogP contribution in [-0.4, -0.2) is 58.0 Å². The number of aromatic nitrogens is 2. The van der Waals surface area contributed by atoms with Gasteiger partial charge in [-0.15, -0.1) is 0 Å². The highest BCUT2D eigenvalue weighted by Gasteiger charge is 2.31. The van der Waals surface area contributed by atoms with E-state index >= 15 is 0 Å². The third-order valence-corrected chi connectivity index (χ3v) is 6.08. The summed E-state index contributed by atoms with van der Waals surface area (Å²) in [5.41, 5.74) is 2.17. The summed E-state index contributed by atoms with van der Waals surface area (Å²) in [5, 5.41) is 0. The number of amides is 1. The molecule has 0 spiro atoms. The molecule has 1 unspecified atom stereocenters. The molecule has 2 aliphatic heterocycles. The fraction of sp³-hybridized carbons (Fsp3) is 0.556. The van der Waals surface area contributed by atoms with E-state index in [1.165, 1.54) is 0 Å². The minimum Gasteiger partial charge on any atom is -0.341 e. The Morgan fingerprint density at radius 3 is 2.79 bits per heavy atom. The van der Waals surface area contributed by atoms with Crippen molar-refractivity contribution in [1.29, 1.82) is 0 Å². The lowest BCUT2D eigenvalue weighted by Gasteiger charge is -2.36. The number of rotatable bonds is 2. The van der Waals surface area contributed by atoms with Crippen LogP contribution in [0.1, 0.15) is 12.8 Å². The number of para-hydroxylation sites is 2. The summed E-state index contributed by atoms with van der Waals surface area (Å²) in [5.74, 6) is 3.60. The molecule has 6 heteroatoms. The van der Waals surface area contributed by atoms with Gasteiger partial charge in [-0.05, 0) is 25.0 Å². The first-order valence-electron chi connectivity index (χ1n) is 8.77. The Labute approximate surface area is 147 Å². The maximum atomic E-state index is 12.8. The van der Waals surface area contributed by atoms with Crippen LogP contribution >= 0.6 is 11.8 Å². The molecule has 2 aromatic rings. The van der Waals surface area contributed by atoms with E-state index in [1.807, 2.05) is 23.9 Å². The highest BCUT2D eigenvalue weighted by Crippen LogP contribution is 2.27. The summed E-state index contributed by atoms with van der Waals surface area (Å²) >= 11 is 1.95. The fourth-order valence-corrected chi connectivity index (χ4v) is 4.72. The molecule has 2 saturated heterocycles. The molecule has 0 radical (unpaired) electrons. The number of fused-ring (bicyclic) bond motifs is 1. The Balaban J connectivity index is 1.53. The van der Waals surface area contributed by atoms with Crippen LogP contribution in [0.2, 0.25) is 0 Å². The molecule has 0 bridgehead atoms. The number of thioether (sulfide) groups is 1. The molecule has 1 aromatic carbocycles. The zero-order valence-electron chi connectivity index (χ0n) is 14.1. The number of piperidine rings is 1. The molecule has 1 aromatic heterocycles. The highest BCUT2D eigenvalue weighted by molar-refractivity contribution is 7.99. The number of carbonyl (C=O) groups excluding carboxylic acids is 1. The van der Waals surface area contributed by atoms with Crippen LogP contribution in [0.25, 0.3) is 11.0 Å². The summed E-state index contributed by atoms with van der Waals surface area (Å²) in [6, 6.07) is 8.22. The largest absolute Gasteiger partial charge is 0.341 e. The quantitative estimate of drug-likeness (QED) is 0.839. The standard InChI is InChI=1S/C18H24N4OS/c1-20-16-7-3-2-6-15(16)19-18(20)22-8-4-5-14(13-22)17(23)21-9-11-24-12-10-21/h2-3,6-7,14H,4-5,8-13H2,1H3. The first kappa shape index (κ1) is 15.8. The van der Waals surface area contributed by atoms with Crippen LogP contribution in [0.5, 0.6) is 0 Å². The van der Waals surface area contributed by atoms with E-state index in [4.69, 9.17) is 4.98 Å². The number of anilines is 1. The summed E-state index contributed by atoms with van der Waals surface area (Å²) in [6.45, 7) is 3.59. The number of benzene rings is 1. The van der Waals surface area contributed by atoms with Gasteiger partial charge in [-0.2, -0.15) is 11.8 Å². The van der Waals surface area contributed by atoms with Crippen molar-refractivity contribution in [1.82, 2.24) is 14.5 Å². The van der Waals surface area contributed by atoms with Gasteiger partial charge in [0.25, 0.3) is 0 Å². The number of aryl methyl sites for hydroxylation is 1. The number of imidazole rings is 1. The van der Waals surface area contributed by atoms with Crippen molar-refractivity contribution in [2.24, 2.45) is 13.0 Å². The van der Waals surface area contributed by atoms with Crippen molar-refractivity contribution in [2.45, 2.75) is 12.8 Å². The van der Waals surface area contributed by atoms with E-state index in [0.29, 0.717) is 5.91 Å². The van der Waals surface area contributed by atoms with Crippen LogP contribution in [0.4, 0.5) is 5.95 Å². The van der Waals surface area contributed by atoms with Crippen LogP contribution in [-0.2, 0) is 11.8 Å². The van der Waals surface area contributed by atoms with Crippen molar-refractivity contribution in [3.8, 4) is 0 Å². The van der Waals surface area contributed by atoms with E-state index < -0.39 is 0 Å². The van der Waals surface area contributed by atoms with Gasteiger partial charge in [0.2, 0.25) is 11.9 Å². The monoisotopic (exact) mass is 344 g/mol. The Bertz CT molecular complexity index is 738. The van der Waals surface area contributed by atoms with Gasteiger partial charge in [0.05, 0.1) is 17.0 Å². The third-order valence-electron chi connectivity index (χ3n) is 5.14. The summed E-state index contributed by atoms with van der Waals surface area (Å²) in [4.78, 5) is 22.0. The molecular formula is C18H24N4OS. The summed E-state index contributed by atoms with van der Waals surface area (Å²) < 4.78 is 2.15. The molecule has 24 heavy (non-hydrogen) atoms. The molecule has 5 nitrogen and oxygen atoms in total. The van der Waals surface area contributed by atoms with Gasteiger partial charge in [-0.25, -0.2) is 4.98 Å². The lowest BCUT2D eigenvalue weighted by molar-refractivity contribution is -0.135. The molecule has 1 atom stereocenters. The average Bonchev–Trinajstić information content (AvgIpc) is 2.99. The maximum absolute atomic E-state index is 12.8. The van der Waals surface area contributed by atoms with Gasteiger partial charge in [-0.1, -0.05) is 12.1 Å². The van der Waals surface area contributed by atoms with Gasteiger partial charge in [0.15, 0.2) is 0 Å². The highest BCUT2D eigenvalue weighted by atomic mass is 32.2. The molecule has 0 N–H and O–H groups in total. The van der Waals surface area contributed by atoms with Crippen LogP contribution < -0.4 is 4.90 Å². The van der Waals surface area contributed by atoms with Gasteiger partial charge in [0, 0.05) is 44.7 Å². The first-order chi connectivity index (χ1) is 11.7. The Morgan fingerprint density at radius 2 is 2.00 bits per heavy atom. The Hall–Kier alpha value is -1.69. The zero-order chi connectivity index (χ0) is 16.5. The van der Waals surface area contributed by atoms with Crippen LogP contribution in [0.3, 0.4) is 0 Å². The van der Waals surface area contributed by atoms with Gasteiger partial charge < -0.3 is 14.4 Å². The summed E-state index contributed by atoms with van der Waals surface area (Å²) in [6.07, 6.45) is 2.06. The molecule has 4 rings (SSSR count). The smallest absolute Gasteiger partial charge is 0.227 e. The molecule has 0 saturated carbocycles. The SMILES string of the molecule is Cn1c(N2CCCC(C(=O)N3CCSCC3)C2)nc2ccccc21. The van der Waals surface area contributed by atoms with Crippen molar-refractivity contribution >= 4 is 34.7 Å². The second kappa shape index (κ2) is 6.67. The van der Waals surface area contributed by atoms with E-state index in [-0.39, 0.29) is 5.92 Å². The zero-order valence-corrected chi connectivity index (χ0v) is 15.0. The van der Waals surface area contributed by atoms with Crippen molar-refractivity contribution in [2.75, 3.05) is 42.6 Å².